The number of nitrogens with two attached hydrogens (primary N) is 1. The molecule has 1 aromatic heterocycles. The van der Waals surface area contributed by atoms with E-state index in [1.165, 1.54) is 13.1 Å². The molecule has 0 radical (unpaired) electrons. The van der Waals surface area contributed by atoms with Crippen molar-refractivity contribution >= 4 is 17.4 Å². The van der Waals surface area contributed by atoms with Crippen LogP contribution in [0.3, 0.4) is 0 Å². The molecular weight excluding hydrogens is 399 g/mol. The number of primary amides is 1. The third-order valence-electron chi connectivity index (χ3n) is 6.30. The van der Waals surface area contributed by atoms with Crippen molar-refractivity contribution in [2.45, 2.75) is 43.7 Å². The number of benzene rings is 1. The molecule has 0 spiro atoms. The first-order chi connectivity index (χ1) is 14.8. The van der Waals surface area contributed by atoms with E-state index in [0.717, 1.165) is 18.4 Å². The van der Waals surface area contributed by atoms with Crippen molar-refractivity contribution in [2.24, 2.45) is 5.73 Å². The van der Waals surface area contributed by atoms with Gasteiger partial charge >= 0.3 is 0 Å². The van der Waals surface area contributed by atoms with Gasteiger partial charge in [-0.3, -0.25) is 9.59 Å². The van der Waals surface area contributed by atoms with E-state index < -0.39 is 23.2 Å². The summed E-state index contributed by atoms with van der Waals surface area (Å²) in [5.41, 5.74) is 6.69. The second-order valence-electron chi connectivity index (χ2n) is 8.28. The summed E-state index contributed by atoms with van der Waals surface area (Å²) in [7, 11) is 1.47. The monoisotopic (exact) mass is 420 g/mol. The van der Waals surface area contributed by atoms with Crippen LogP contribution < -0.4 is 11.1 Å². The van der Waals surface area contributed by atoms with Gasteiger partial charge in [0.25, 0.3) is 11.8 Å². The molecule has 7 nitrogen and oxygen atoms in total. The fourth-order valence-corrected chi connectivity index (χ4v) is 4.63. The second kappa shape index (κ2) is 6.79. The van der Waals surface area contributed by atoms with Gasteiger partial charge in [0.1, 0.15) is 22.9 Å². The molecule has 3 heterocycles. The summed E-state index contributed by atoms with van der Waals surface area (Å²) in [5, 5.41) is 13.0. The highest BCUT2D eigenvalue weighted by Crippen LogP contribution is 2.48. The average Bonchev–Trinajstić information content (AvgIpc) is 3.25. The van der Waals surface area contributed by atoms with Gasteiger partial charge < -0.3 is 20.7 Å². The van der Waals surface area contributed by atoms with Crippen molar-refractivity contribution in [1.29, 1.82) is 0 Å². The third-order valence-corrected chi connectivity index (χ3v) is 6.30. The minimum atomic E-state index is -1.09. The van der Waals surface area contributed by atoms with Crippen LogP contribution in [0, 0.1) is 17.7 Å². The lowest BCUT2D eigenvalue weighted by Gasteiger charge is -2.26. The minimum absolute atomic E-state index is 0.0929. The first-order valence-corrected chi connectivity index (χ1v) is 10.3. The molecule has 1 fully saturated rings. The molecule has 1 aromatic carbocycles. The smallest absolute Gasteiger partial charge is 0.270 e. The third kappa shape index (κ3) is 2.96. The summed E-state index contributed by atoms with van der Waals surface area (Å²) in [6.07, 6.45) is 5.45. The Kier molecular flexibility index (Phi) is 4.27. The van der Waals surface area contributed by atoms with Crippen LogP contribution in [0.1, 0.15) is 70.2 Å². The van der Waals surface area contributed by atoms with Crippen LogP contribution in [0.25, 0.3) is 17.0 Å². The van der Waals surface area contributed by atoms with Gasteiger partial charge in [0.05, 0.1) is 11.6 Å². The molecule has 8 heteroatoms. The Morgan fingerprint density at radius 2 is 2.03 bits per heavy atom. The molecule has 2 aliphatic carbocycles. The number of halogens is 1. The van der Waals surface area contributed by atoms with E-state index in [1.54, 1.807) is 10.6 Å². The minimum Gasteiger partial charge on any atom is -0.378 e. The number of allylic oxidation sites excluding steroid dienone is 2. The highest BCUT2D eigenvalue weighted by atomic mass is 19.1. The number of nitrogens with zero attached hydrogens (tertiary/aromatic N) is 2. The molecule has 31 heavy (non-hydrogen) atoms. The molecule has 2 bridgehead atoms. The molecule has 158 valence electrons. The van der Waals surface area contributed by atoms with E-state index in [4.69, 9.17) is 5.73 Å². The number of rotatable bonds is 2. The fraction of sp³-hybridized carbons (Fsp3) is 0.348. The number of carbonyl (C=O) groups is 2. The molecule has 1 saturated carbocycles. The van der Waals surface area contributed by atoms with Crippen molar-refractivity contribution in [3.05, 3.63) is 46.5 Å². The number of hydrogen-bond donors (Lipinski definition) is 3. The Balaban J connectivity index is 1.71. The quantitative estimate of drug-likeness (QED) is 0.647. The standard InChI is InChI=1S/C23H21FN4O3/c1-26-22(30)19-18(20(25)29)27-21-16-10-12(4-7-23(31)5-2-3-6-23)17(24)11-15(16)13-8-14(9-13)28(19)21/h8,10-11,14,31H,2-3,5-6,9H2,1H3,(H2,25,29)(H,26,30). The number of hydrogen-bond acceptors (Lipinski definition) is 4. The van der Waals surface area contributed by atoms with Gasteiger partial charge in [-0.25, -0.2) is 9.37 Å². The molecular formula is C23H21FN4O3. The highest BCUT2D eigenvalue weighted by Gasteiger charge is 2.38. The van der Waals surface area contributed by atoms with Crippen LogP contribution in [0.4, 0.5) is 4.39 Å². The van der Waals surface area contributed by atoms with Crippen LogP contribution >= 0.6 is 0 Å². The SMILES string of the molecule is CNC(=O)c1c(C(N)=O)nc2n1C1C=C(C1)c1cc(F)c(C#CC3(O)CCCC3)cc1-2. The summed E-state index contributed by atoms with van der Waals surface area (Å²) in [4.78, 5) is 29.0. The van der Waals surface area contributed by atoms with E-state index >= 15 is 0 Å². The summed E-state index contributed by atoms with van der Waals surface area (Å²) < 4.78 is 16.6. The maximum atomic E-state index is 14.9. The first-order valence-electron chi connectivity index (χ1n) is 10.3. The number of aromatic nitrogens is 2. The van der Waals surface area contributed by atoms with Crippen LogP contribution in [0.2, 0.25) is 0 Å². The van der Waals surface area contributed by atoms with Gasteiger partial charge in [-0.05, 0) is 55.4 Å². The van der Waals surface area contributed by atoms with Gasteiger partial charge in [0, 0.05) is 12.6 Å². The molecule has 2 amide bonds. The molecule has 1 unspecified atom stereocenters. The number of carbonyl (C=O) groups excluding carboxylic acids is 2. The molecule has 6 rings (SSSR count). The zero-order valence-electron chi connectivity index (χ0n) is 17.0. The van der Waals surface area contributed by atoms with Crippen molar-refractivity contribution in [1.82, 2.24) is 14.9 Å². The van der Waals surface area contributed by atoms with Gasteiger partial charge in [-0.1, -0.05) is 17.9 Å². The average molecular weight is 420 g/mol. The van der Waals surface area contributed by atoms with Gasteiger partial charge in [-0.2, -0.15) is 0 Å². The highest BCUT2D eigenvalue weighted by molar-refractivity contribution is 6.06. The predicted molar refractivity (Wildman–Crippen MR) is 111 cm³/mol. The van der Waals surface area contributed by atoms with Crippen molar-refractivity contribution < 1.29 is 19.1 Å². The first kappa shape index (κ1) is 19.5. The number of amides is 2. The fourth-order valence-electron chi connectivity index (χ4n) is 4.63. The lowest BCUT2D eigenvalue weighted by atomic mass is 9.86. The van der Waals surface area contributed by atoms with Crippen LogP contribution in [-0.4, -0.2) is 39.1 Å². The molecule has 2 aromatic rings. The number of aliphatic hydroxyl groups is 1. The zero-order chi connectivity index (χ0) is 21.9. The summed E-state index contributed by atoms with van der Waals surface area (Å²) >= 11 is 0. The number of imidazole rings is 1. The lowest BCUT2D eigenvalue weighted by Crippen LogP contribution is -2.28. The summed E-state index contributed by atoms with van der Waals surface area (Å²) in [5.74, 6) is 4.24. The number of nitrogens with one attached hydrogen (secondary N) is 1. The topological polar surface area (TPSA) is 110 Å². The zero-order valence-corrected chi connectivity index (χ0v) is 17.0. The maximum Gasteiger partial charge on any atom is 0.270 e. The molecule has 4 N–H and O–H groups in total. The molecule has 1 atom stereocenters. The second-order valence-corrected chi connectivity index (χ2v) is 8.28. The molecule has 2 aliphatic heterocycles. The Bertz CT molecular complexity index is 1240. The van der Waals surface area contributed by atoms with E-state index in [1.807, 2.05) is 6.08 Å². The van der Waals surface area contributed by atoms with E-state index in [2.05, 4.69) is 22.1 Å². The Labute approximate surface area is 178 Å². The normalized spacial score (nSPS) is 19.7. The summed E-state index contributed by atoms with van der Waals surface area (Å²) in [6.45, 7) is 0. The Morgan fingerprint density at radius 3 is 2.68 bits per heavy atom. The van der Waals surface area contributed by atoms with Gasteiger partial charge in [0.2, 0.25) is 0 Å². The van der Waals surface area contributed by atoms with Crippen LogP contribution in [0.15, 0.2) is 18.2 Å². The van der Waals surface area contributed by atoms with E-state index in [9.17, 15) is 19.1 Å². The van der Waals surface area contributed by atoms with Crippen LogP contribution in [0.5, 0.6) is 0 Å². The van der Waals surface area contributed by atoms with Crippen molar-refractivity contribution in [3.63, 3.8) is 0 Å². The lowest BCUT2D eigenvalue weighted by molar-refractivity contribution is 0.0933. The van der Waals surface area contributed by atoms with Gasteiger partial charge in [-0.15, -0.1) is 0 Å². The van der Waals surface area contributed by atoms with E-state index in [0.29, 0.717) is 36.2 Å². The van der Waals surface area contributed by atoms with Crippen molar-refractivity contribution in [3.8, 4) is 23.2 Å². The largest absolute Gasteiger partial charge is 0.378 e. The Hall–Kier alpha value is -3.44. The summed E-state index contributed by atoms with van der Waals surface area (Å²) in [6, 6.07) is 2.81. The molecule has 4 aliphatic rings. The van der Waals surface area contributed by atoms with Crippen molar-refractivity contribution in [2.75, 3.05) is 7.05 Å². The Morgan fingerprint density at radius 1 is 1.32 bits per heavy atom. The van der Waals surface area contributed by atoms with Crippen LogP contribution in [-0.2, 0) is 0 Å². The molecule has 0 saturated heterocycles. The maximum absolute atomic E-state index is 14.9. The predicted octanol–water partition coefficient (Wildman–Crippen LogP) is 2.15. The van der Waals surface area contributed by atoms with Gasteiger partial charge in [0.15, 0.2) is 5.69 Å². The van der Waals surface area contributed by atoms with E-state index in [-0.39, 0.29) is 23.0 Å².